The number of rotatable bonds is 4. The first-order valence-corrected chi connectivity index (χ1v) is 10.5. The fourth-order valence-electron chi connectivity index (χ4n) is 5.01. The van der Waals surface area contributed by atoms with E-state index >= 15 is 0 Å². The number of aliphatic hydroxyl groups excluding tert-OH is 1. The molecule has 156 valence electrons. The molecule has 1 aromatic carbocycles. The third-order valence-electron chi connectivity index (χ3n) is 6.35. The second-order valence-corrected chi connectivity index (χ2v) is 8.89. The minimum atomic E-state index is -0.767. The highest BCUT2D eigenvalue weighted by Gasteiger charge is 2.64. The summed E-state index contributed by atoms with van der Waals surface area (Å²) in [5, 5.41) is 10.8. The zero-order chi connectivity index (χ0) is 20.9. The second-order valence-electron chi connectivity index (χ2n) is 8.46. The lowest BCUT2D eigenvalue weighted by Gasteiger charge is -2.58. The van der Waals surface area contributed by atoms with Crippen molar-refractivity contribution in [2.45, 2.75) is 37.2 Å². The number of fused-ring (bicyclic) bond motifs is 2. The van der Waals surface area contributed by atoms with E-state index in [1.165, 1.54) is 4.90 Å². The first-order chi connectivity index (χ1) is 14.5. The molecule has 0 unspecified atom stereocenters. The van der Waals surface area contributed by atoms with Gasteiger partial charge in [0.1, 0.15) is 5.54 Å². The molecule has 1 N–H and O–H groups in total. The summed E-state index contributed by atoms with van der Waals surface area (Å²) in [6.07, 6.45) is 3.33. The van der Waals surface area contributed by atoms with Gasteiger partial charge in [-0.25, -0.2) is 0 Å². The largest absolute Gasteiger partial charge is 0.392 e. The third kappa shape index (κ3) is 3.22. The van der Waals surface area contributed by atoms with Crippen molar-refractivity contribution in [3.05, 3.63) is 64.9 Å². The summed E-state index contributed by atoms with van der Waals surface area (Å²) in [7, 11) is 0. The summed E-state index contributed by atoms with van der Waals surface area (Å²) in [5.41, 5.74) is 1.13. The summed E-state index contributed by atoms with van der Waals surface area (Å²) < 4.78 is 0. The molecule has 1 spiro atoms. The topological polar surface area (TPSA) is 77.0 Å². The van der Waals surface area contributed by atoms with E-state index in [2.05, 4.69) is 9.88 Å². The van der Waals surface area contributed by atoms with Gasteiger partial charge in [0.25, 0.3) is 5.91 Å². The Labute approximate surface area is 179 Å². The summed E-state index contributed by atoms with van der Waals surface area (Å²) in [5.74, 6) is -0.409. The Hall–Kier alpha value is -2.32. The number of halogens is 1. The van der Waals surface area contributed by atoms with E-state index in [1.54, 1.807) is 18.3 Å². The molecule has 2 amide bonds. The van der Waals surface area contributed by atoms with Crippen molar-refractivity contribution in [2.24, 2.45) is 0 Å². The number of hydrogen-bond donors (Lipinski definition) is 1. The van der Waals surface area contributed by atoms with Crippen molar-refractivity contribution >= 4 is 23.4 Å². The highest BCUT2D eigenvalue weighted by atomic mass is 35.5. The number of aliphatic hydroxyl groups is 1. The van der Waals surface area contributed by atoms with Crippen LogP contribution in [0.15, 0.2) is 48.8 Å². The van der Waals surface area contributed by atoms with Crippen molar-refractivity contribution in [1.29, 1.82) is 0 Å². The van der Waals surface area contributed by atoms with Gasteiger partial charge in [-0.1, -0.05) is 29.8 Å². The van der Waals surface area contributed by atoms with Gasteiger partial charge in [0.2, 0.25) is 5.91 Å². The number of likely N-dealkylation sites (tertiary alicyclic amines) is 1. The van der Waals surface area contributed by atoms with Crippen LogP contribution in [-0.4, -0.2) is 73.9 Å². The smallest absolute Gasteiger partial charge is 0.252 e. The lowest BCUT2D eigenvalue weighted by Crippen LogP contribution is -2.81. The highest BCUT2D eigenvalue weighted by molar-refractivity contribution is 6.30. The van der Waals surface area contributed by atoms with E-state index in [0.717, 1.165) is 11.1 Å². The maximum Gasteiger partial charge on any atom is 0.252 e. The quantitative estimate of drug-likeness (QED) is 0.742. The van der Waals surface area contributed by atoms with Crippen LogP contribution < -0.4 is 0 Å². The Kier molecular flexibility index (Phi) is 4.86. The average molecular weight is 427 g/mol. The van der Waals surface area contributed by atoms with Gasteiger partial charge in [-0.3, -0.25) is 29.3 Å². The SMILES string of the molecule is O=C1[C@@H]2C[C@@H](O)CN2C2(CN(Cc3cccnc3)C2)C(=O)N1Cc1cccc(Cl)c1. The van der Waals surface area contributed by atoms with Gasteiger partial charge in [0, 0.05) is 43.6 Å². The Balaban J connectivity index is 1.40. The molecule has 2 atom stereocenters. The fourth-order valence-corrected chi connectivity index (χ4v) is 5.23. The lowest BCUT2D eigenvalue weighted by molar-refractivity contribution is -0.181. The number of amides is 2. The van der Waals surface area contributed by atoms with Crippen molar-refractivity contribution in [1.82, 2.24) is 19.7 Å². The number of carbonyl (C=O) groups excluding carboxylic acids is 2. The monoisotopic (exact) mass is 426 g/mol. The molecule has 0 aliphatic carbocycles. The molecular formula is C22H23ClN4O3. The predicted octanol–water partition coefficient (Wildman–Crippen LogP) is 1.29. The summed E-state index contributed by atoms with van der Waals surface area (Å²) >= 11 is 6.09. The van der Waals surface area contributed by atoms with Crippen molar-refractivity contribution in [2.75, 3.05) is 19.6 Å². The number of carbonyl (C=O) groups is 2. The van der Waals surface area contributed by atoms with E-state index in [4.69, 9.17) is 11.6 Å². The standard InChI is InChI=1S/C22H23ClN4O3/c23-17-5-1-3-15(7-17)11-26-20(29)19-8-18(28)12-27(19)22(21(26)30)13-25(14-22)10-16-4-2-6-24-9-16/h1-7,9,18-19,28H,8,10-14H2/t18-,19+/m1/s1. The van der Waals surface area contributed by atoms with E-state index in [0.29, 0.717) is 37.6 Å². The first kappa shape index (κ1) is 19.6. The molecule has 4 heterocycles. The van der Waals surface area contributed by atoms with E-state index in [9.17, 15) is 14.7 Å². The molecule has 3 saturated heterocycles. The number of aromatic nitrogens is 1. The lowest BCUT2D eigenvalue weighted by atomic mass is 9.82. The minimum Gasteiger partial charge on any atom is -0.392 e. The second kappa shape index (κ2) is 7.42. The van der Waals surface area contributed by atoms with Crippen molar-refractivity contribution < 1.29 is 14.7 Å². The molecular weight excluding hydrogens is 404 g/mol. The summed E-state index contributed by atoms with van der Waals surface area (Å²) in [6.45, 7) is 2.32. The third-order valence-corrected chi connectivity index (χ3v) is 6.59. The van der Waals surface area contributed by atoms with Crippen LogP contribution in [0.3, 0.4) is 0 Å². The Morgan fingerprint density at radius 2 is 1.93 bits per heavy atom. The van der Waals surface area contributed by atoms with Gasteiger partial charge in [0.15, 0.2) is 0 Å². The molecule has 0 saturated carbocycles. The van der Waals surface area contributed by atoms with Crippen LogP contribution in [-0.2, 0) is 22.7 Å². The van der Waals surface area contributed by atoms with E-state index in [1.807, 2.05) is 35.4 Å². The van der Waals surface area contributed by atoms with E-state index in [-0.39, 0.29) is 18.4 Å². The maximum absolute atomic E-state index is 13.6. The first-order valence-electron chi connectivity index (χ1n) is 10.1. The fraction of sp³-hybridized carbons (Fsp3) is 0.409. The molecule has 1 aromatic heterocycles. The van der Waals surface area contributed by atoms with Gasteiger partial charge < -0.3 is 5.11 Å². The Morgan fingerprint density at radius 3 is 2.67 bits per heavy atom. The number of imide groups is 1. The van der Waals surface area contributed by atoms with Crippen LogP contribution in [0.4, 0.5) is 0 Å². The molecule has 3 aliphatic heterocycles. The maximum atomic E-state index is 13.6. The van der Waals surface area contributed by atoms with Crippen LogP contribution in [0.2, 0.25) is 5.02 Å². The van der Waals surface area contributed by atoms with Gasteiger partial charge >= 0.3 is 0 Å². The number of nitrogens with zero attached hydrogens (tertiary/aromatic N) is 4. The molecule has 5 rings (SSSR count). The van der Waals surface area contributed by atoms with E-state index < -0.39 is 17.7 Å². The van der Waals surface area contributed by atoms with Crippen molar-refractivity contribution in [3.63, 3.8) is 0 Å². The van der Waals surface area contributed by atoms with Crippen LogP contribution in [0.1, 0.15) is 17.5 Å². The Bertz CT molecular complexity index is 979. The number of piperazine rings is 1. The molecule has 3 aliphatic rings. The minimum absolute atomic E-state index is 0.180. The normalized spacial score (nSPS) is 26.1. The summed E-state index contributed by atoms with van der Waals surface area (Å²) in [4.78, 5) is 36.4. The van der Waals surface area contributed by atoms with Crippen LogP contribution in [0.5, 0.6) is 0 Å². The molecule has 8 heteroatoms. The van der Waals surface area contributed by atoms with Gasteiger partial charge in [-0.2, -0.15) is 0 Å². The highest BCUT2D eigenvalue weighted by Crippen LogP contribution is 2.41. The molecule has 0 radical (unpaired) electrons. The zero-order valence-electron chi connectivity index (χ0n) is 16.4. The van der Waals surface area contributed by atoms with Crippen molar-refractivity contribution in [3.8, 4) is 0 Å². The average Bonchev–Trinajstić information content (AvgIpc) is 3.10. The molecule has 0 bridgehead atoms. The molecule has 30 heavy (non-hydrogen) atoms. The summed E-state index contributed by atoms with van der Waals surface area (Å²) in [6, 6.07) is 10.7. The number of β-amino-alcohol motifs (C(OH)–C–C–N with tert-alkyl or cyclic N) is 1. The van der Waals surface area contributed by atoms with Crippen LogP contribution >= 0.6 is 11.6 Å². The van der Waals surface area contributed by atoms with Gasteiger partial charge in [-0.15, -0.1) is 0 Å². The Morgan fingerprint density at radius 1 is 1.13 bits per heavy atom. The number of pyridine rings is 1. The molecule has 2 aromatic rings. The van der Waals surface area contributed by atoms with Gasteiger partial charge in [-0.05, 0) is 35.7 Å². The molecule has 7 nitrogen and oxygen atoms in total. The molecule has 3 fully saturated rings. The zero-order valence-corrected chi connectivity index (χ0v) is 17.2. The van der Waals surface area contributed by atoms with Gasteiger partial charge in [0.05, 0.1) is 18.7 Å². The van der Waals surface area contributed by atoms with Crippen LogP contribution in [0.25, 0.3) is 0 Å². The number of hydrogen-bond acceptors (Lipinski definition) is 6. The number of benzene rings is 1. The van der Waals surface area contributed by atoms with Crippen LogP contribution in [0, 0.1) is 0 Å². The predicted molar refractivity (Wildman–Crippen MR) is 110 cm³/mol.